The lowest BCUT2D eigenvalue weighted by Gasteiger charge is -2.27. The fourth-order valence-corrected chi connectivity index (χ4v) is 2.71. The van der Waals surface area contributed by atoms with Gasteiger partial charge in [-0.3, -0.25) is 0 Å². The van der Waals surface area contributed by atoms with Crippen molar-refractivity contribution in [3.8, 4) is 11.1 Å². The monoisotopic (exact) mass is 344 g/mol. The first-order valence-electron chi connectivity index (χ1n) is 8.03. The minimum Gasteiger partial charge on any atom is -0.478 e. The standard InChI is InChI=1S/C19H24N2O4/c1-24-11-9-21(10-12-25-2)18-8-7-14(20)13-17(18)15-5-3-4-6-16(15)19(22)23/h3-8,13H,9-12,20H2,1-2H3,(H,22,23). The number of rotatable bonds is 9. The Balaban J connectivity index is 2.54. The van der Waals surface area contributed by atoms with Gasteiger partial charge in [0.1, 0.15) is 0 Å². The van der Waals surface area contributed by atoms with Crippen LogP contribution in [0.25, 0.3) is 11.1 Å². The molecule has 0 spiro atoms. The van der Waals surface area contributed by atoms with Crippen LogP contribution in [0, 0.1) is 0 Å². The summed E-state index contributed by atoms with van der Waals surface area (Å²) >= 11 is 0. The van der Waals surface area contributed by atoms with Crippen molar-refractivity contribution in [2.45, 2.75) is 0 Å². The molecule has 25 heavy (non-hydrogen) atoms. The lowest BCUT2D eigenvalue weighted by Crippen LogP contribution is -2.31. The third kappa shape index (κ3) is 4.71. The van der Waals surface area contributed by atoms with Crippen LogP contribution in [0.1, 0.15) is 10.4 Å². The number of hydrogen-bond acceptors (Lipinski definition) is 5. The maximum atomic E-state index is 11.6. The number of nitrogens with two attached hydrogens (primary N) is 1. The summed E-state index contributed by atoms with van der Waals surface area (Å²) in [4.78, 5) is 13.7. The van der Waals surface area contributed by atoms with Crippen LogP contribution < -0.4 is 10.6 Å². The number of ether oxygens (including phenoxy) is 2. The zero-order valence-electron chi connectivity index (χ0n) is 14.6. The molecule has 6 heteroatoms. The van der Waals surface area contributed by atoms with E-state index in [4.69, 9.17) is 15.2 Å². The van der Waals surface area contributed by atoms with Gasteiger partial charge < -0.3 is 25.2 Å². The minimum atomic E-state index is -0.968. The van der Waals surface area contributed by atoms with Crippen molar-refractivity contribution in [2.24, 2.45) is 0 Å². The summed E-state index contributed by atoms with van der Waals surface area (Å²) in [6.45, 7) is 2.42. The quantitative estimate of drug-likeness (QED) is 0.681. The smallest absolute Gasteiger partial charge is 0.336 e. The Labute approximate surface area is 147 Å². The Hall–Kier alpha value is -2.57. The molecule has 0 unspecified atom stereocenters. The maximum Gasteiger partial charge on any atom is 0.336 e. The zero-order valence-corrected chi connectivity index (χ0v) is 14.6. The first-order valence-corrected chi connectivity index (χ1v) is 8.03. The second-order valence-corrected chi connectivity index (χ2v) is 5.60. The second kappa shape index (κ2) is 9.05. The first kappa shape index (κ1) is 18.8. The van der Waals surface area contributed by atoms with Crippen LogP contribution in [0.4, 0.5) is 11.4 Å². The summed E-state index contributed by atoms with van der Waals surface area (Å²) in [5.41, 5.74) is 9.12. The van der Waals surface area contributed by atoms with Crippen molar-refractivity contribution < 1.29 is 19.4 Å². The molecule has 2 aromatic rings. The molecular formula is C19H24N2O4. The van der Waals surface area contributed by atoms with Gasteiger partial charge in [0, 0.05) is 44.2 Å². The first-order chi connectivity index (χ1) is 12.1. The number of carboxylic acid groups (broad SMARTS) is 1. The summed E-state index contributed by atoms with van der Waals surface area (Å²) in [5, 5.41) is 9.52. The predicted octanol–water partition coefficient (Wildman–Crippen LogP) is 2.73. The van der Waals surface area contributed by atoms with E-state index in [9.17, 15) is 9.90 Å². The van der Waals surface area contributed by atoms with E-state index in [1.54, 1.807) is 32.4 Å². The van der Waals surface area contributed by atoms with E-state index in [0.717, 1.165) is 11.3 Å². The van der Waals surface area contributed by atoms with Crippen LogP contribution in [0.3, 0.4) is 0 Å². The van der Waals surface area contributed by atoms with Crippen molar-refractivity contribution in [2.75, 3.05) is 51.2 Å². The SMILES string of the molecule is COCCN(CCOC)c1ccc(N)cc1-c1ccccc1C(=O)O. The Morgan fingerprint density at radius 2 is 1.68 bits per heavy atom. The Kier molecular flexibility index (Phi) is 6.80. The van der Waals surface area contributed by atoms with Gasteiger partial charge in [-0.15, -0.1) is 0 Å². The van der Waals surface area contributed by atoms with Gasteiger partial charge in [-0.2, -0.15) is 0 Å². The number of carboxylic acids is 1. The second-order valence-electron chi connectivity index (χ2n) is 5.60. The van der Waals surface area contributed by atoms with Gasteiger partial charge in [0.15, 0.2) is 0 Å². The van der Waals surface area contributed by atoms with Crippen LogP contribution >= 0.6 is 0 Å². The van der Waals surface area contributed by atoms with Crippen LogP contribution in [0.15, 0.2) is 42.5 Å². The fraction of sp³-hybridized carbons (Fsp3) is 0.316. The highest BCUT2D eigenvalue weighted by Gasteiger charge is 2.18. The Morgan fingerprint density at radius 3 is 2.28 bits per heavy atom. The van der Waals surface area contributed by atoms with E-state index in [0.29, 0.717) is 37.6 Å². The molecule has 0 saturated heterocycles. The Morgan fingerprint density at radius 1 is 1.04 bits per heavy atom. The van der Waals surface area contributed by atoms with Crippen molar-refractivity contribution in [1.82, 2.24) is 0 Å². The van der Waals surface area contributed by atoms with E-state index in [-0.39, 0.29) is 5.56 Å². The molecular weight excluding hydrogens is 320 g/mol. The van der Waals surface area contributed by atoms with Gasteiger partial charge in [0.05, 0.1) is 18.8 Å². The molecule has 0 aliphatic rings. The number of carbonyl (C=O) groups is 1. The van der Waals surface area contributed by atoms with Crippen LogP contribution in [-0.2, 0) is 9.47 Å². The summed E-state index contributed by atoms with van der Waals surface area (Å²) in [6.07, 6.45) is 0. The average molecular weight is 344 g/mol. The van der Waals surface area contributed by atoms with E-state index in [1.807, 2.05) is 24.3 Å². The molecule has 6 nitrogen and oxygen atoms in total. The highest BCUT2D eigenvalue weighted by molar-refractivity contribution is 5.98. The molecule has 0 amide bonds. The molecule has 0 heterocycles. The number of benzene rings is 2. The van der Waals surface area contributed by atoms with Gasteiger partial charge in [-0.25, -0.2) is 4.79 Å². The molecule has 0 aromatic heterocycles. The number of nitrogen functional groups attached to an aromatic ring is 1. The van der Waals surface area contributed by atoms with E-state index in [1.165, 1.54) is 0 Å². The topological polar surface area (TPSA) is 85.0 Å². The number of nitrogens with zero attached hydrogens (tertiary/aromatic N) is 1. The van der Waals surface area contributed by atoms with Gasteiger partial charge in [0.25, 0.3) is 0 Å². The third-order valence-electron chi connectivity index (χ3n) is 3.94. The average Bonchev–Trinajstić information content (AvgIpc) is 2.62. The number of aromatic carboxylic acids is 1. The van der Waals surface area contributed by atoms with Crippen molar-refractivity contribution in [3.63, 3.8) is 0 Å². The van der Waals surface area contributed by atoms with E-state index >= 15 is 0 Å². The highest BCUT2D eigenvalue weighted by atomic mass is 16.5. The number of hydrogen-bond donors (Lipinski definition) is 2. The molecule has 0 aliphatic carbocycles. The largest absolute Gasteiger partial charge is 0.478 e. The number of methoxy groups -OCH3 is 2. The van der Waals surface area contributed by atoms with Gasteiger partial charge >= 0.3 is 5.97 Å². The molecule has 0 fully saturated rings. The maximum absolute atomic E-state index is 11.6. The van der Waals surface area contributed by atoms with Crippen LogP contribution in [-0.4, -0.2) is 51.6 Å². The zero-order chi connectivity index (χ0) is 18.2. The fourth-order valence-electron chi connectivity index (χ4n) is 2.71. The van der Waals surface area contributed by atoms with Crippen molar-refractivity contribution >= 4 is 17.3 Å². The van der Waals surface area contributed by atoms with E-state index in [2.05, 4.69) is 4.90 Å². The summed E-state index contributed by atoms with van der Waals surface area (Å²) in [6, 6.07) is 12.5. The predicted molar refractivity (Wildman–Crippen MR) is 99.2 cm³/mol. The van der Waals surface area contributed by atoms with E-state index < -0.39 is 5.97 Å². The lowest BCUT2D eigenvalue weighted by molar-refractivity contribution is 0.0697. The van der Waals surface area contributed by atoms with Gasteiger partial charge in [-0.1, -0.05) is 18.2 Å². The number of anilines is 2. The van der Waals surface area contributed by atoms with Crippen LogP contribution in [0.2, 0.25) is 0 Å². The van der Waals surface area contributed by atoms with Crippen molar-refractivity contribution in [1.29, 1.82) is 0 Å². The normalized spacial score (nSPS) is 10.6. The summed E-state index contributed by atoms with van der Waals surface area (Å²) in [5.74, 6) is -0.968. The molecule has 0 aliphatic heterocycles. The third-order valence-corrected chi connectivity index (χ3v) is 3.94. The summed E-state index contributed by atoms with van der Waals surface area (Å²) < 4.78 is 10.4. The molecule has 0 atom stereocenters. The summed E-state index contributed by atoms with van der Waals surface area (Å²) in [7, 11) is 3.30. The molecule has 2 aromatic carbocycles. The highest BCUT2D eigenvalue weighted by Crippen LogP contribution is 2.35. The van der Waals surface area contributed by atoms with Gasteiger partial charge in [-0.05, 0) is 29.8 Å². The molecule has 0 radical (unpaired) electrons. The molecule has 0 saturated carbocycles. The Bertz CT molecular complexity index is 710. The van der Waals surface area contributed by atoms with Crippen LogP contribution in [0.5, 0.6) is 0 Å². The van der Waals surface area contributed by atoms with Crippen molar-refractivity contribution in [3.05, 3.63) is 48.0 Å². The molecule has 3 N–H and O–H groups in total. The molecule has 0 bridgehead atoms. The lowest BCUT2D eigenvalue weighted by atomic mass is 9.97. The minimum absolute atomic E-state index is 0.243. The molecule has 2 rings (SSSR count). The van der Waals surface area contributed by atoms with Gasteiger partial charge in [0.2, 0.25) is 0 Å². The molecule has 134 valence electrons.